The fraction of sp³-hybridized carbons (Fsp3) is 0.0455. The van der Waals surface area contributed by atoms with Gasteiger partial charge in [0.2, 0.25) is 10.0 Å². The summed E-state index contributed by atoms with van der Waals surface area (Å²) in [7, 11) is -3.78. The highest BCUT2D eigenvalue weighted by atomic mass is 35.5. The predicted octanol–water partition coefficient (Wildman–Crippen LogP) is 6.21. The van der Waals surface area contributed by atoms with Gasteiger partial charge in [-0.1, -0.05) is 59.8 Å². The first-order chi connectivity index (χ1) is 14.8. The lowest BCUT2D eigenvalue weighted by Gasteiger charge is -2.04. The van der Waals surface area contributed by atoms with Gasteiger partial charge in [0.25, 0.3) is 0 Å². The van der Waals surface area contributed by atoms with Crippen LogP contribution in [0.1, 0.15) is 5.56 Å². The number of sulfonamides is 1. The Morgan fingerprint density at radius 2 is 1.55 bits per heavy atom. The predicted molar refractivity (Wildman–Crippen MR) is 125 cm³/mol. The lowest BCUT2D eigenvalue weighted by molar-refractivity contribution is 0.598. The molecule has 0 aliphatic heterocycles. The highest BCUT2D eigenvalue weighted by Crippen LogP contribution is 2.41. The summed E-state index contributed by atoms with van der Waals surface area (Å²) in [5.41, 5.74) is 3.41. The van der Waals surface area contributed by atoms with E-state index in [-0.39, 0.29) is 10.7 Å². The van der Waals surface area contributed by atoms with Crippen LogP contribution in [-0.2, 0) is 15.8 Å². The number of hydrogen-bond donors (Lipinski definition) is 1. The topological polar surface area (TPSA) is 73.1 Å². The van der Waals surface area contributed by atoms with E-state index in [0.29, 0.717) is 10.7 Å². The van der Waals surface area contributed by atoms with Gasteiger partial charge in [0.15, 0.2) is 4.34 Å². The van der Waals surface area contributed by atoms with E-state index in [1.54, 1.807) is 36.0 Å². The first kappa shape index (κ1) is 22.0. The second-order valence-electron chi connectivity index (χ2n) is 6.65. The van der Waals surface area contributed by atoms with Crippen molar-refractivity contribution in [1.82, 2.24) is 4.98 Å². The first-order valence-electron chi connectivity index (χ1n) is 9.07. The summed E-state index contributed by atoms with van der Waals surface area (Å²) in [6, 6.07) is 20.1. The fourth-order valence-electron chi connectivity index (χ4n) is 2.88. The third-order valence-electron chi connectivity index (χ3n) is 4.45. The number of thioether (sulfide) groups is 1. The molecule has 3 aromatic carbocycles. The maximum Gasteiger partial charge on any atom is 0.238 e. The van der Waals surface area contributed by atoms with Crippen molar-refractivity contribution in [2.24, 2.45) is 5.14 Å². The van der Waals surface area contributed by atoms with Crippen LogP contribution in [0.15, 0.2) is 82.0 Å². The summed E-state index contributed by atoms with van der Waals surface area (Å²) in [6.07, 6.45) is 0. The maximum atomic E-state index is 13.4. The van der Waals surface area contributed by atoms with Crippen molar-refractivity contribution in [3.8, 4) is 21.7 Å². The lowest BCUT2D eigenvalue weighted by atomic mass is 10.1. The molecule has 0 spiro atoms. The highest BCUT2D eigenvalue weighted by Gasteiger charge is 2.17. The van der Waals surface area contributed by atoms with Gasteiger partial charge in [-0.3, -0.25) is 0 Å². The number of nitrogens with zero attached hydrogens (tertiary/aromatic N) is 1. The zero-order chi connectivity index (χ0) is 22.0. The number of aromatic nitrogens is 1. The fourth-order valence-corrected chi connectivity index (χ4v) is 5.65. The molecule has 0 radical (unpaired) electrons. The van der Waals surface area contributed by atoms with Crippen LogP contribution in [0.2, 0.25) is 5.02 Å². The molecule has 0 aliphatic carbocycles. The van der Waals surface area contributed by atoms with Crippen molar-refractivity contribution in [3.05, 3.63) is 89.2 Å². The Kier molecular flexibility index (Phi) is 6.45. The minimum atomic E-state index is -3.78. The van der Waals surface area contributed by atoms with Gasteiger partial charge in [-0.05, 0) is 47.5 Å². The molecule has 4 aromatic rings. The molecule has 0 unspecified atom stereocenters. The van der Waals surface area contributed by atoms with Crippen LogP contribution in [0, 0.1) is 5.82 Å². The van der Waals surface area contributed by atoms with Gasteiger partial charge >= 0.3 is 0 Å². The molecule has 31 heavy (non-hydrogen) atoms. The van der Waals surface area contributed by atoms with Gasteiger partial charge in [-0.15, -0.1) is 11.3 Å². The van der Waals surface area contributed by atoms with Crippen LogP contribution in [-0.4, -0.2) is 13.4 Å². The SMILES string of the molecule is NS(=O)(=O)c1ccc(-c2nc(SCc3ccc(Cl)cc3)sc2-c2ccc(F)cc2)cc1. The van der Waals surface area contributed by atoms with Crippen molar-refractivity contribution in [1.29, 1.82) is 0 Å². The van der Waals surface area contributed by atoms with E-state index in [1.807, 2.05) is 24.3 Å². The molecule has 0 bridgehead atoms. The third kappa shape index (κ3) is 5.34. The molecule has 158 valence electrons. The van der Waals surface area contributed by atoms with E-state index in [2.05, 4.69) is 0 Å². The van der Waals surface area contributed by atoms with Crippen molar-refractivity contribution in [2.45, 2.75) is 15.0 Å². The van der Waals surface area contributed by atoms with Gasteiger partial charge < -0.3 is 0 Å². The second kappa shape index (κ2) is 9.10. The smallest absolute Gasteiger partial charge is 0.229 e. The average molecular weight is 491 g/mol. The summed E-state index contributed by atoms with van der Waals surface area (Å²) >= 11 is 9.04. The molecule has 0 fully saturated rings. The Morgan fingerprint density at radius 1 is 0.935 bits per heavy atom. The van der Waals surface area contributed by atoms with Crippen LogP contribution >= 0.6 is 34.7 Å². The van der Waals surface area contributed by atoms with Crippen LogP contribution in [0.25, 0.3) is 21.7 Å². The lowest BCUT2D eigenvalue weighted by Crippen LogP contribution is -2.11. The number of hydrogen-bond acceptors (Lipinski definition) is 5. The summed E-state index contributed by atoms with van der Waals surface area (Å²) < 4.78 is 37.4. The minimum absolute atomic E-state index is 0.0344. The Labute approximate surface area is 193 Å². The highest BCUT2D eigenvalue weighted by molar-refractivity contribution is 8.00. The Balaban J connectivity index is 1.70. The Bertz CT molecular complexity index is 1300. The van der Waals surface area contributed by atoms with Gasteiger partial charge in [-0.25, -0.2) is 22.9 Å². The Morgan fingerprint density at radius 3 is 2.16 bits per heavy atom. The Hall–Kier alpha value is -2.23. The molecule has 0 aliphatic rings. The number of thiazole rings is 1. The van der Waals surface area contributed by atoms with Gasteiger partial charge in [0.1, 0.15) is 5.82 Å². The monoisotopic (exact) mass is 490 g/mol. The van der Waals surface area contributed by atoms with E-state index in [0.717, 1.165) is 31.7 Å². The van der Waals surface area contributed by atoms with E-state index in [4.69, 9.17) is 21.7 Å². The summed E-state index contributed by atoms with van der Waals surface area (Å²) in [6.45, 7) is 0. The van der Waals surface area contributed by atoms with Crippen molar-refractivity contribution < 1.29 is 12.8 Å². The molecule has 0 saturated heterocycles. The molecule has 1 aromatic heterocycles. The van der Waals surface area contributed by atoms with Crippen LogP contribution in [0.3, 0.4) is 0 Å². The molecule has 1 heterocycles. The molecule has 4 nitrogen and oxygen atoms in total. The molecule has 4 rings (SSSR count). The van der Waals surface area contributed by atoms with Crippen LogP contribution in [0.5, 0.6) is 0 Å². The number of primary sulfonamides is 1. The normalized spacial score (nSPS) is 11.6. The third-order valence-corrected chi connectivity index (χ3v) is 7.95. The zero-order valence-corrected chi connectivity index (χ0v) is 19.2. The maximum absolute atomic E-state index is 13.4. The molecule has 0 atom stereocenters. The largest absolute Gasteiger partial charge is 0.238 e. The van der Waals surface area contributed by atoms with Gasteiger partial charge in [-0.2, -0.15) is 0 Å². The molecule has 0 amide bonds. The number of nitrogens with two attached hydrogens (primary N) is 1. The number of rotatable bonds is 6. The van der Waals surface area contributed by atoms with E-state index < -0.39 is 10.0 Å². The summed E-state index contributed by atoms with van der Waals surface area (Å²) in [4.78, 5) is 5.70. The zero-order valence-electron chi connectivity index (χ0n) is 16.0. The van der Waals surface area contributed by atoms with Crippen molar-refractivity contribution in [2.75, 3.05) is 0 Å². The van der Waals surface area contributed by atoms with Crippen molar-refractivity contribution >= 4 is 44.7 Å². The van der Waals surface area contributed by atoms with E-state index >= 15 is 0 Å². The van der Waals surface area contributed by atoms with Crippen LogP contribution < -0.4 is 5.14 Å². The standard InChI is InChI=1S/C22H16ClFN2O2S3/c23-17-7-1-14(2-8-17)13-29-22-26-20(15-5-11-19(12-6-15)31(25,27)28)21(30-22)16-3-9-18(24)10-4-16/h1-12H,13H2,(H2,25,27,28). The van der Waals surface area contributed by atoms with Gasteiger partial charge in [0.05, 0.1) is 15.5 Å². The van der Waals surface area contributed by atoms with Crippen molar-refractivity contribution in [3.63, 3.8) is 0 Å². The molecular weight excluding hydrogens is 475 g/mol. The quantitative estimate of drug-likeness (QED) is 0.326. The number of benzene rings is 3. The molecule has 0 saturated carbocycles. The summed E-state index contributed by atoms with van der Waals surface area (Å²) in [5, 5.41) is 5.89. The molecular formula is C22H16ClFN2O2S3. The second-order valence-corrected chi connectivity index (χ2v) is 10.9. The average Bonchev–Trinajstić information content (AvgIpc) is 3.18. The van der Waals surface area contributed by atoms with Crippen LogP contribution in [0.4, 0.5) is 4.39 Å². The minimum Gasteiger partial charge on any atom is -0.229 e. The number of halogens is 2. The van der Waals surface area contributed by atoms with E-state index in [1.165, 1.54) is 35.6 Å². The molecule has 9 heteroatoms. The van der Waals surface area contributed by atoms with E-state index in [9.17, 15) is 12.8 Å². The summed E-state index contributed by atoms with van der Waals surface area (Å²) in [5.74, 6) is 0.404. The molecule has 2 N–H and O–H groups in total. The first-order valence-corrected chi connectivity index (χ1v) is 12.8. The van der Waals surface area contributed by atoms with Gasteiger partial charge in [0, 0.05) is 16.3 Å².